The number of carbonyl (C=O) groups is 2. The Morgan fingerprint density at radius 3 is 2.06 bits per heavy atom. The first kappa shape index (κ1) is 24.3. The summed E-state index contributed by atoms with van der Waals surface area (Å²) in [6.07, 6.45) is -5.76. The SMILES string of the molecule is CCN(Cc1c(-c2ccccc2)cc(Cl)c(C(F)(F)F)c1CC(=O)O)C(=O)c1ccccc1. The largest absolute Gasteiger partial charge is 0.481 e. The van der Waals surface area contributed by atoms with E-state index in [9.17, 15) is 27.9 Å². The molecule has 33 heavy (non-hydrogen) atoms. The molecule has 3 aromatic carbocycles. The molecule has 0 saturated heterocycles. The van der Waals surface area contributed by atoms with Crippen molar-refractivity contribution in [1.29, 1.82) is 0 Å². The Bertz CT molecular complexity index is 1150. The lowest BCUT2D eigenvalue weighted by molar-refractivity contribution is -0.139. The zero-order valence-corrected chi connectivity index (χ0v) is 18.5. The summed E-state index contributed by atoms with van der Waals surface area (Å²) in [6, 6.07) is 18.1. The molecule has 0 heterocycles. The van der Waals surface area contributed by atoms with E-state index in [2.05, 4.69) is 0 Å². The van der Waals surface area contributed by atoms with Crippen LogP contribution in [0.1, 0.15) is 34.0 Å². The van der Waals surface area contributed by atoms with Gasteiger partial charge in [0.2, 0.25) is 0 Å². The molecule has 0 aromatic heterocycles. The van der Waals surface area contributed by atoms with Crippen molar-refractivity contribution in [3.63, 3.8) is 0 Å². The lowest BCUT2D eigenvalue weighted by Crippen LogP contribution is -2.31. The lowest BCUT2D eigenvalue weighted by atomic mass is 9.89. The van der Waals surface area contributed by atoms with E-state index >= 15 is 0 Å². The van der Waals surface area contributed by atoms with Gasteiger partial charge in [0.15, 0.2) is 0 Å². The van der Waals surface area contributed by atoms with E-state index in [-0.39, 0.29) is 24.6 Å². The van der Waals surface area contributed by atoms with Gasteiger partial charge in [0.25, 0.3) is 5.91 Å². The normalized spacial score (nSPS) is 11.3. The van der Waals surface area contributed by atoms with Gasteiger partial charge < -0.3 is 10.0 Å². The molecule has 0 unspecified atom stereocenters. The number of carboxylic acid groups (broad SMARTS) is 1. The highest BCUT2D eigenvalue weighted by Gasteiger charge is 2.39. The van der Waals surface area contributed by atoms with Crippen molar-refractivity contribution in [2.75, 3.05) is 6.54 Å². The second-order valence-electron chi connectivity index (χ2n) is 7.36. The zero-order chi connectivity index (χ0) is 24.2. The molecule has 172 valence electrons. The van der Waals surface area contributed by atoms with Gasteiger partial charge in [-0.1, -0.05) is 60.1 Å². The van der Waals surface area contributed by atoms with Crippen LogP contribution < -0.4 is 0 Å². The minimum Gasteiger partial charge on any atom is -0.481 e. The molecule has 3 aromatic rings. The summed E-state index contributed by atoms with van der Waals surface area (Å²) in [5.74, 6) is -1.80. The molecule has 8 heteroatoms. The van der Waals surface area contributed by atoms with Crippen LogP contribution in [-0.2, 0) is 23.9 Å². The summed E-state index contributed by atoms with van der Waals surface area (Å²) >= 11 is 6.06. The molecule has 0 aliphatic heterocycles. The molecule has 0 aliphatic carbocycles. The number of alkyl halides is 3. The fraction of sp³-hybridized carbons (Fsp3) is 0.200. The van der Waals surface area contributed by atoms with E-state index in [1.54, 1.807) is 67.6 Å². The van der Waals surface area contributed by atoms with Crippen molar-refractivity contribution in [2.45, 2.75) is 26.1 Å². The van der Waals surface area contributed by atoms with Gasteiger partial charge in [0.1, 0.15) is 0 Å². The molecular weight excluding hydrogens is 455 g/mol. The van der Waals surface area contributed by atoms with Crippen LogP contribution in [0.4, 0.5) is 13.2 Å². The number of nitrogens with zero attached hydrogens (tertiary/aromatic N) is 1. The zero-order valence-electron chi connectivity index (χ0n) is 17.7. The number of rotatable bonds is 7. The molecule has 0 saturated carbocycles. The van der Waals surface area contributed by atoms with E-state index in [1.807, 2.05) is 0 Å². The van der Waals surface area contributed by atoms with Gasteiger partial charge in [-0.05, 0) is 47.4 Å². The Labute approximate surface area is 194 Å². The molecule has 0 spiro atoms. The van der Waals surface area contributed by atoms with Crippen molar-refractivity contribution in [1.82, 2.24) is 4.90 Å². The van der Waals surface area contributed by atoms with E-state index in [4.69, 9.17) is 11.6 Å². The van der Waals surface area contributed by atoms with Crippen molar-refractivity contribution in [3.05, 3.63) is 94.0 Å². The molecule has 1 N–H and O–H groups in total. The molecule has 1 amide bonds. The third-order valence-corrected chi connectivity index (χ3v) is 5.53. The summed E-state index contributed by atoms with van der Waals surface area (Å²) in [6.45, 7) is 1.70. The van der Waals surface area contributed by atoms with Crippen LogP contribution >= 0.6 is 11.6 Å². The van der Waals surface area contributed by atoms with Crippen molar-refractivity contribution in [2.24, 2.45) is 0 Å². The van der Waals surface area contributed by atoms with Gasteiger partial charge in [0.05, 0.1) is 17.0 Å². The molecule has 3 rings (SSSR count). The molecule has 0 bridgehead atoms. The fourth-order valence-electron chi connectivity index (χ4n) is 3.73. The van der Waals surface area contributed by atoms with Gasteiger partial charge in [-0.25, -0.2) is 0 Å². The molecule has 0 atom stereocenters. The number of aliphatic carboxylic acids is 1. The molecule has 0 fully saturated rings. The number of carboxylic acids is 1. The molecule has 0 aliphatic rings. The minimum absolute atomic E-state index is 0.103. The predicted molar refractivity (Wildman–Crippen MR) is 120 cm³/mol. The van der Waals surface area contributed by atoms with Crippen molar-refractivity contribution < 1.29 is 27.9 Å². The highest BCUT2D eigenvalue weighted by atomic mass is 35.5. The monoisotopic (exact) mass is 475 g/mol. The van der Waals surface area contributed by atoms with Crippen LogP contribution in [0, 0.1) is 0 Å². The smallest absolute Gasteiger partial charge is 0.418 e. The quantitative estimate of drug-likeness (QED) is 0.435. The Kier molecular flexibility index (Phi) is 7.43. The van der Waals surface area contributed by atoms with Crippen LogP contribution in [0.2, 0.25) is 5.02 Å². The topological polar surface area (TPSA) is 57.6 Å². The van der Waals surface area contributed by atoms with E-state index in [0.717, 1.165) is 0 Å². The second-order valence-corrected chi connectivity index (χ2v) is 7.76. The molecular formula is C25H21ClF3NO3. The van der Waals surface area contributed by atoms with Crippen molar-refractivity contribution in [3.8, 4) is 11.1 Å². The number of amides is 1. The Morgan fingerprint density at radius 2 is 1.55 bits per heavy atom. The summed E-state index contributed by atoms with van der Waals surface area (Å²) in [5.41, 5.74) is -0.232. The maximum absolute atomic E-state index is 14.0. The van der Waals surface area contributed by atoms with Gasteiger partial charge in [-0.3, -0.25) is 9.59 Å². The Balaban J connectivity index is 2.25. The third kappa shape index (κ3) is 5.54. The number of halogens is 4. The highest BCUT2D eigenvalue weighted by molar-refractivity contribution is 6.32. The van der Waals surface area contributed by atoms with E-state index < -0.39 is 34.7 Å². The van der Waals surface area contributed by atoms with Gasteiger partial charge in [-0.15, -0.1) is 0 Å². The average molecular weight is 476 g/mol. The fourth-order valence-corrected chi connectivity index (χ4v) is 4.06. The Hall–Kier alpha value is -3.32. The first-order valence-electron chi connectivity index (χ1n) is 10.2. The first-order chi connectivity index (χ1) is 15.6. The standard InChI is InChI=1S/C25H21ClF3NO3/c1-2-30(24(33)17-11-7-4-8-12-17)15-20-18(16-9-5-3-6-10-16)13-21(26)23(25(27,28)29)19(20)14-22(31)32/h3-13H,2,14-15H2,1H3,(H,31,32). The van der Waals surface area contributed by atoms with Gasteiger partial charge >= 0.3 is 12.1 Å². The number of hydrogen-bond acceptors (Lipinski definition) is 2. The van der Waals surface area contributed by atoms with E-state index in [1.165, 1.54) is 11.0 Å². The van der Waals surface area contributed by atoms with Crippen LogP contribution in [0.25, 0.3) is 11.1 Å². The second kappa shape index (κ2) is 10.1. The Morgan fingerprint density at radius 1 is 0.970 bits per heavy atom. The van der Waals surface area contributed by atoms with Crippen LogP contribution in [0.3, 0.4) is 0 Å². The van der Waals surface area contributed by atoms with Crippen molar-refractivity contribution >= 4 is 23.5 Å². The van der Waals surface area contributed by atoms with Crippen LogP contribution in [0.15, 0.2) is 66.7 Å². The van der Waals surface area contributed by atoms with Gasteiger partial charge in [-0.2, -0.15) is 13.2 Å². The number of carbonyl (C=O) groups excluding carboxylic acids is 1. The highest BCUT2D eigenvalue weighted by Crippen LogP contribution is 2.43. The first-order valence-corrected chi connectivity index (χ1v) is 10.5. The molecule has 0 radical (unpaired) electrons. The predicted octanol–water partition coefficient (Wildman–Crippen LogP) is 6.32. The summed E-state index contributed by atoms with van der Waals surface area (Å²) < 4.78 is 41.9. The third-order valence-electron chi connectivity index (χ3n) is 5.24. The summed E-state index contributed by atoms with van der Waals surface area (Å²) in [5, 5.41) is 8.84. The lowest BCUT2D eigenvalue weighted by Gasteiger charge is -2.27. The minimum atomic E-state index is -4.87. The molecule has 4 nitrogen and oxygen atoms in total. The van der Waals surface area contributed by atoms with Crippen LogP contribution in [-0.4, -0.2) is 28.4 Å². The maximum Gasteiger partial charge on any atom is 0.418 e. The van der Waals surface area contributed by atoms with E-state index in [0.29, 0.717) is 16.7 Å². The van der Waals surface area contributed by atoms with Gasteiger partial charge in [0, 0.05) is 18.7 Å². The number of hydrogen-bond donors (Lipinski definition) is 1. The van der Waals surface area contributed by atoms with Crippen LogP contribution in [0.5, 0.6) is 0 Å². The summed E-state index contributed by atoms with van der Waals surface area (Å²) in [7, 11) is 0. The average Bonchev–Trinajstić information content (AvgIpc) is 2.77. The summed E-state index contributed by atoms with van der Waals surface area (Å²) in [4.78, 5) is 26.0. The number of benzene rings is 3. The maximum atomic E-state index is 14.0.